The highest BCUT2D eigenvalue weighted by Gasteiger charge is 2.21. The van der Waals surface area contributed by atoms with E-state index in [-0.39, 0.29) is 0 Å². The number of nitrogens with two attached hydrogens (primary N) is 1. The van der Waals surface area contributed by atoms with Gasteiger partial charge in [0, 0.05) is 19.1 Å². The van der Waals surface area contributed by atoms with Crippen LogP contribution < -0.4 is 16.6 Å². The number of aryl methyl sites for hydroxylation is 2. The second kappa shape index (κ2) is 5.63. The van der Waals surface area contributed by atoms with Gasteiger partial charge in [-0.3, -0.25) is 10.9 Å². The van der Waals surface area contributed by atoms with Crippen molar-refractivity contribution in [3.63, 3.8) is 0 Å². The van der Waals surface area contributed by atoms with Crippen LogP contribution in [0.15, 0.2) is 12.1 Å². The van der Waals surface area contributed by atoms with Crippen molar-refractivity contribution in [2.45, 2.75) is 45.7 Å². The van der Waals surface area contributed by atoms with Gasteiger partial charge < -0.3 is 5.73 Å². The molecule has 0 aromatic heterocycles. The van der Waals surface area contributed by atoms with Crippen LogP contribution in [0.4, 0.5) is 0 Å². The average molecular weight is 233 g/mol. The van der Waals surface area contributed by atoms with Gasteiger partial charge in [-0.15, -0.1) is 0 Å². The first-order chi connectivity index (χ1) is 8.30. The molecule has 0 bridgehead atoms. The van der Waals surface area contributed by atoms with Crippen LogP contribution in [0.3, 0.4) is 0 Å². The molecule has 1 atom stereocenters. The van der Waals surface area contributed by atoms with Crippen LogP contribution in [0.25, 0.3) is 0 Å². The van der Waals surface area contributed by atoms with E-state index in [1.807, 2.05) is 0 Å². The maximum atomic E-state index is 5.77. The lowest BCUT2D eigenvalue weighted by atomic mass is 9.89. The minimum absolute atomic E-state index is 0.465. The van der Waals surface area contributed by atoms with Crippen LogP contribution in [0.5, 0.6) is 0 Å². The number of nitrogens with one attached hydrogen (secondary N) is 2. The minimum Gasteiger partial charge on any atom is -0.326 e. The van der Waals surface area contributed by atoms with E-state index in [9.17, 15) is 0 Å². The molecule has 1 fully saturated rings. The standard InChI is InChI=1S/C14H23N3/c1-3-11-7-10(9-15)8-12(4-2)14(11)13-5-6-16-17-13/h7-8,13,16-17H,3-6,9,15H2,1-2H3. The van der Waals surface area contributed by atoms with Gasteiger partial charge in [0.2, 0.25) is 0 Å². The highest BCUT2D eigenvalue weighted by molar-refractivity contribution is 5.42. The summed E-state index contributed by atoms with van der Waals surface area (Å²) in [4.78, 5) is 0. The molecule has 0 spiro atoms. The zero-order valence-corrected chi connectivity index (χ0v) is 10.8. The summed E-state index contributed by atoms with van der Waals surface area (Å²) in [6.45, 7) is 6.13. The molecular formula is C14H23N3. The maximum Gasteiger partial charge on any atom is 0.0480 e. The Morgan fingerprint density at radius 2 is 1.88 bits per heavy atom. The lowest BCUT2D eigenvalue weighted by Crippen LogP contribution is -2.26. The number of benzene rings is 1. The third-order valence-corrected chi connectivity index (χ3v) is 3.59. The summed E-state index contributed by atoms with van der Waals surface area (Å²) in [5, 5.41) is 0. The first-order valence-corrected chi connectivity index (χ1v) is 6.63. The van der Waals surface area contributed by atoms with Gasteiger partial charge in [0.05, 0.1) is 0 Å². The van der Waals surface area contributed by atoms with Crippen LogP contribution in [-0.2, 0) is 19.4 Å². The Hall–Kier alpha value is -0.900. The quantitative estimate of drug-likeness (QED) is 0.743. The Labute approximate surface area is 104 Å². The normalized spacial score (nSPS) is 19.8. The minimum atomic E-state index is 0.465. The summed E-state index contributed by atoms with van der Waals surface area (Å²) in [6.07, 6.45) is 3.32. The van der Waals surface area contributed by atoms with Gasteiger partial charge in [0.1, 0.15) is 0 Å². The molecule has 1 aromatic carbocycles. The SMILES string of the molecule is CCc1cc(CN)cc(CC)c1C1CCNN1. The van der Waals surface area contributed by atoms with Crippen LogP contribution in [0.2, 0.25) is 0 Å². The van der Waals surface area contributed by atoms with Crippen LogP contribution in [0.1, 0.15) is 48.6 Å². The third-order valence-electron chi connectivity index (χ3n) is 3.59. The summed E-state index contributed by atoms with van der Waals surface area (Å²) in [7, 11) is 0. The zero-order chi connectivity index (χ0) is 12.3. The third kappa shape index (κ3) is 2.51. The number of rotatable bonds is 4. The van der Waals surface area contributed by atoms with Crippen molar-refractivity contribution in [3.05, 3.63) is 34.4 Å². The zero-order valence-electron chi connectivity index (χ0n) is 10.8. The summed E-state index contributed by atoms with van der Waals surface area (Å²) >= 11 is 0. The topological polar surface area (TPSA) is 50.1 Å². The second-order valence-corrected chi connectivity index (χ2v) is 4.65. The molecule has 94 valence electrons. The highest BCUT2D eigenvalue weighted by Crippen LogP contribution is 2.28. The summed E-state index contributed by atoms with van der Waals surface area (Å²) in [6, 6.07) is 5.01. The van der Waals surface area contributed by atoms with Gasteiger partial charge in [0.25, 0.3) is 0 Å². The van der Waals surface area contributed by atoms with E-state index in [0.717, 1.165) is 19.4 Å². The van der Waals surface area contributed by atoms with Crippen molar-refractivity contribution in [1.82, 2.24) is 10.9 Å². The molecule has 4 N–H and O–H groups in total. The van der Waals surface area contributed by atoms with E-state index in [1.54, 1.807) is 0 Å². The van der Waals surface area contributed by atoms with E-state index in [4.69, 9.17) is 5.73 Å². The summed E-state index contributed by atoms with van der Waals surface area (Å²) < 4.78 is 0. The Morgan fingerprint density at radius 3 is 2.29 bits per heavy atom. The van der Waals surface area contributed by atoms with Crippen molar-refractivity contribution < 1.29 is 0 Å². The van der Waals surface area contributed by atoms with Crippen molar-refractivity contribution in [2.24, 2.45) is 5.73 Å². The fraction of sp³-hybridized carbons (Fsp3) is 0.571. The fourth-order valence-electron chi connectivity index (χ4n) is 2.70. The van der Waals surface area contributed by atoms with E-state index in [0.29, 0.717) is 12.6 Å². The summed E-state index contributed by atoms with van der Waals surface area (Å²) in [5.41, 5.74) is 18.0. The Kier molecular flexibility index (Phi) is 4.15. The van der Waals surface area contributed by atoms with E-state index in [1.165, 1.54) is 28.7 Å². The van der Waals surface area contributed by atoms with Crippen LogP contribution in [0, 0.1) is 0 Å². The van der Waals surface area contributed by atoms with Gasteiger partial charge >= 0.3 is 0 Å². The first kappa shape index (κ1) is 12.6. The lowest BCUT2D eigenvalue weighted by molar-refractivity contribution is 0.572. The molecule has 17 heavy (non-hydrogen) atoms. The van der Waals surface area contributed by atoms with Gasteiger partial charge in [-0.25, -0.2) is 0 Å². The average Bonchev–Trinajstić information content (AvgIpc) is 2.90. The van der Waals surface area contributed by atoms with E-state index in [2.05, 4.69) is 36.8 Å². The molecule has 3 nitrogen and oxygen atoms in total. The van der Waals surface area contributed by atoms with Crippen molar-refractivity contribution in [3.8, 4) is 0 Å². The highest BCUT2D eigenvalue weighted by atomic mass is 15.4. The van der Waals surface area contributed by atoms with E-state index < -0.39 is 0 Å². The van der Waals surface area contributed by atoms with Crippen molar-refractivity contribution >= 4 is 0 Å². The number of hydrogen-bond donors (Lipinski definition) is 3. The van der Waals surface area contributed by atoms with Crippen LogP contribution in [-0.4, -0.2) is 6.54 Å². The van der Waals surface area contributed by atoms with Gasteiger partial charge in [-0.2, -0.15) is 0 Å². The maximum absolute atomic E-state index is 5.77. The van der Waals surface area contributed by atoms with E-state index >= 15 is 0 Å². The molecule has 1 unspecified atom stereocenters. The molecule has 1 aliphatic heterocycles. The molecule has 0 saturated carbocycles. The molecule has 0 amide bonds. The predicted octanol–water partition coefficient (Wildman–Crippen LogP) is 1.81. The smallest absolute Gasteiger partial charge is 0.0480 e. The molecule has 1 saturated heterocycles. The van der Waals surface area contributed by atoms with Crippen molar-refractivity contribution in [1.29, 1.82) is 0 Å². The molecule has 3 heteroatoms. The Bertz CT molecular complexity index is 356. The van der Waals surface area contributed by atoms with Gasteiger partial charge in [-0.05, 0) is 41.5 Å². The Balaban J connectivity index is 2.45. The van der Waals surface area contributed by atoms with Crippen molar-refractivity contribution in [2.75, 3.05) is 6.54 Å². The molecule has 2 rings (SSSR count). The fourth-order valence-corrected chi connectivity index (χ4v) is 2.70. The van der Waals surface area contributed by atoms with Crippen LogP contribution >= 0.6 is 0 Å². The first-order valence-electron chi connectivity index (χ1n) is 6.63. The van der Waals surface area contributed by atoms with Gasteiger partial charge in [0.15, 0.2) is 0 Å². The molecule has 1 aromatic rings. The molecule has 1 heterocycles. The summed E-state index contributed by atoms with van der Waals surface area (Å²) in [5.74, 6) is 0. The lowest BCUT2D eigenvalue weighted by Gasteiger charge is -2.20. The molecular weight excluding hydrogens is 210 g/mol. The molecule has 0 aliphatic carbocycles. The largest absolute Gasteiger partial charge is 0.326 e. The number of hydrazine groups is 1. The molecule has 0 radical (unpaired) electrons. The predicted molar refractivity (Wildman–Crippen MR) is 71.6 cm³/mol. The molecule has 1 aliphatic rings. The second-order valence-electron chi connectivity index (χ2n) is 4.65. The number of hydrogen-bond acceptors (Lipinski definition) is 3. The monoisotopic (exact) mass is 233 g/mol. The van der Waals surface area contributed by atoms with Gasteiger partial charge in [-0.1, -0.05) is 26.0 Å². The Morgan fingerprint density at radius 1 is 1.24 bits per heavy atom.